The fourth-order valence-corrected chi connectivity index (χ4v) is 1.98. The molecule has 1 rings (SSSR count). The first-order valence-corrected chi connectivity index (χ1v) is 6.16. The van der Waals surface area contributed by atoms with Crippen LogP contribution >= 0.6 is 0 Å². The van der Waals surface area contributed by atoms with Gasteiger partial charge in [-0.3, -0.25) is 0 Å². The third kappa shape index (κ3) is 3.58. The van der Waals surface area contributed by atoms with Gasteiger partial charge in [-0.25, -0.2) is 9.59 Å². The van der Waals surface area contributed by atoms with Gasteiger partial charge in [-0.15, -0.1) is 0 Å². The maximum absolute atomic E-state index is 11.2. The molecule has 0 unspecified atom stereocenters. The first kappa shape index (κ1) is 14.2. The van der Waals surface area contributed by atoms with Crippen molar-refractivity contribution in [1.82, 2.24) is 0 Å². The summed E-state index contributed by atoms with van der Waals surface area (Å²) in [6, 6.07) is 4.63. The smallest absolute Gasteiger partial charge is 0.336 e. The second-order valence-electron chi connectivity index (χ2n) is 4.26. The van der Waals surface area contributed by atoms with E-state index in [0.717, 1.165) is 25.7 Å². The average molecular weight is 250 g/mol. The Morgan fingerprint density at radius 1 is 1.06 bits per heavy atom. The number of hydrogen-bond donors (Lipinski definition) is 2. The summed E-state index contributed by atoms with van der Waals surface area (Å²) in [5, 5.41) is 18.1. The van der Waals surface area contributed by atoms with Crippen molar-refractivity contribution >= 4 is 11.9 Å². The van der Waals surface area contributed by atoms with Crippen LogP contribution in [0.15, 0.2) is 18.2 Å². The highest BCUT2D eigenvalue weighted by molar-refractivity contribution is 6.02. The van der Waals surface area contributed by atoms with Crippen molar-refractivity contribution in [1.29, 1.82) is 0 Å². The van der Waals surface area contributed by atoms with Gasteiger partial charge in [0.15, 0.2) is 0 Å². The van der Waals surface area contributed by atoms with Gasteiger partial charge < -0.3 is 10.2 Å². The van der Waals surface area contributed by atoms with Crippen molar-refractivity contribution in [2.24, 2.45) is 0 Å². The molecule has 0 aliphatic rings. The maximum atomic E-state index is 11.2. The molecule has 18 heavy (non-hydrogen) atoms. The number of hydrogen-bond acceptors (Lipinski definition) is 2. The van der Waals surface area contributed by atoms with E-state index in [-0.39, 0.29) is 11.1 Å². The summed E-state index contributed by atoms with van der Waals surface area (Å²) in [7, 11) is 0. The molecule has 0 bridgehead atoms. The zero-order chi connectivity index (χ0) is 13.5. The Morgan fingerprint density at radius 2 is 1.78 bits per heavy atom. The van der Waals surface area contributed by atoms with Gasteiger partial charge in [0, 0.05) is 0 Å². The monoisotopic (exact) mass is 250 g/mol. The summed E-state index contributed by atoms with van der Waals surface area (Å²) in [6.45, 7) is 2.10. The number of carboxylic acids is 2. The van der Waals surface area contributed by atoms with E-state index in [9.17, 15) is 9.59 Å². The molecule has 0 aliphatic carbocycles. The SMILES string of the molecule is CCCCCCc1cccc(C(=O)O)c1C(=O)O. The first-order chi connectivity index (χ1) is 8.57. The van der Waals surface area contributed by atoms with Crippen molar-refractivity contribution in [2.75, 3.05) is 0 Å². The molecule has 0 heterocycles. The summed E-state index contributed by atoms with van der Waals surface area (Å²) >= 11 is 0. The molecule has 2 N–H and O–H groups in total. The molecule has 0 radical (unpaired) electrons. The summed E-state index contributed by atoms with van der Waals surface area (Å²) in [6.07, 6.45) is 4.76. The molecule has 4 heteroatoms. The zero-order valence-corrected chi connectivity index (χ0v) is 10.5. The van der Waals surface area contributed by atoms with Gasteiger partial charge in [0.25, 0.3) is 0 Å². The molecule has 0 fully saturated rings. The molecule has 1 aromatic carbocycles. The Balaban J connectivity index is 2.93. The first-order valence-electron chi connectivity index (χ1n) is 6.16. The Kier molecular flexibility index (Phi) is 5.36. The fourth-order valence-electron chi connectivity index (χ4n) is 1.98. The highest BCUT2D eigenvalue weighted by Crippen LogP contribution is 2.18. The number of aromatic carboxylic acids is 2. The van der Waals surface area contributed by atoms with Crippen LogP contribution in [0.2, 0.25) is 0 Å². The zero-order valence-electron chi connectivity index (χ0n) is 10.5. The number of aryl methyl sites for hydroxylation is 1. The third-order valence-electron chi connectivity index (χ3n) is 2.89. The predicted octanol–water partition coefficient (Wildman–Crippen LogP) is 3.21. The van der Waals surface area contributed by atoms with Crippen LogP contribution in [0.3, 0.4) is 0 Å². The average Bonchev–Trinajstić information content (AvgIpc) is 2.33. The Labute approximate surface area is 106 Å². The van der Waals surface area contributed by atoms with E-state index < -0.39 is 11.9 Å². The van der Waals surface area contributed by atoms with Gasteiger partial charge in [0.2, 0.25) is 0 Å². The van der Waals surface area contributed by atoms with E-state index in [2.05, 4.69) is 6.92 Å². The lowest BCUT2D eigenvalue weighted by atomic mass is 9.96. The molecular weight excluding hydrogens is 232 g/mol. The fraction of sp³-hybridized carbons (Fsp3) is 0.429. The van der Waals surface area contributed by atoms with Crippen LogP contribution in [-0.2, 0) is 6.42 Å². The molecule has 0 aliphatic heterocycles. The largest absolute Gasteiger partial charge is 0.478 e. The van der Waals surface area contributed by atoms with Crippen molar-refractivity contribution in [3.05, 3.63) is 34.9 Å². The van der Waals surface area contributed by atoms with Gasteiger partial charge in [0.1, 0.15) is 0 Å². The van der Waals surface area contributed by atoms with E-state index in [1.54, 1.807) is 12.1 Å². The minimum absolute atomic E-state index is 0.0681. The van der Waals surface area contributed by atoms with E-state index in [1.165, 1.54) is 6.07 Å². The normalized spacial score (nSPS) is 10.3. The van der Waals surface area contributed by atoms with Crippen molar-refractivity contribution in [2.45, 2.75) is 39.0 Å². The second-order valence-corrected chi connectivity index (χ2v) is 4.26. The summed E-state index contributed by atoms with van der Waals surface area (Å²) in [5.41, 5.74) is 0.412. The molecule has 0 saturated carbocycles. The highest BCUT2D eigenvalue weighted by atomic mass is 16.4. The Morgan fingerprint density at radius 3 is 2.33 bits per heavy atom. The van der Waals surface area contributed by atoms with Crippen LogP contribution in [0.1, 0.15) is 58.9 Å². The summed E-state index contributed by atoms with van der Waals surface area (Å²) < 4.78 is 0. The lowest BCUT2D eigenvalue weighted by Crippen LogP contribution is -2.11. The van der Waals surface area contributed by atoms with Crippen LogP contribution in [0.4, 0.5) is 0 Å². The quantitative estimate of drug-likeness (QED) is 0.729. The van der Waals surface area contributed by atoms with Gasteiger partial charge in [0.05, 0.1) is 11.1 Å². The van der Waals surface area contributed by atoms with Crippen molar-refractivity contribution < 1.29 is 19.8 Å². The number of carboxylic acid groups (broad SMARTS) is 2. The number of carbonyl (C=O) groups is 2. The van der Waals surface area contributed by atoms with Gasteiger partial charge >= 0.3 is 11.9 Å². The maximum Gasteiger partial charge on any atom is 0.336 e. The molecule has 4 nitrogen and oxygen atoms in total. The second kappa shape index (κ2) is 6.79. The van der Waals surface area contributed by atoms with E-state index in [4.69, 9.17) is 10.2 Å². The molecule has 1 aromatic rings. The van der Waals surface area contributed by atoms with Gasteiger partial charge in [-0.1, -0.05) is 38.3 Å². The number of benzene rings is 1. The van der Waals surface area contributed by atoms with Gasteiger partial charge in [-0.05, 0) is 24.5 Å². The predicted molar refractivity (Wildman–Crippen MR) is 68.2 cm³/mol. The Hall–Kier alpha value is -1.84. The van der Waals surface area contributed by atoms with E-state index >= 15 is 0 Å². The lowest BCUT2D eigenvalue weighted by molar-refractivity contribution is 0.0650. The molecule has 0 atom stereocenters. The van der Waals surface area contributed by atoms with E-state index in [1.807, 2.05) is 0 Å². The van der Waals surface area contributed by atoms with Crippen molar-refractivity contribution in [3.8, 4) is 0 Å². The summed E-state index contributed by atoms with van der Waals surface area (Å²) in [5.74, 6) is -2.36. The minimum atomic E-state index is -1.19. The van der Waals surface area contributed by atoms with Crippen LogP contribution in [-0.4, -0.2) is 22.2 Å². The molecule has 0 aromatic heterocycles. The minimum Gasteiger partial charge on any atom is -0.478 e. The van der Waals surface area contributed by atoms with Crippen molar-refractivity contribution in [3.63, 3.8) is 0 Å². The molecule has 0 amide bonds. The Bertz CT molecular complexity index is 437. The standard InChI is InChI=1S/C14H18O4/c1-2-3-4-5-7-10-8-6-9-11(13(15)16)12(10)14(17)18/h6,8-9H,2-5,7H2,1H3,(H,15,16)(H,17,18). The molecular formula is C14H18O4. The molecule has 98 valence electrons. The summed E-state index contributed by atoms with van der Waals surface area (Å²) in [4.78, 5) is 22.2. The van der Waals surface area contributed by atoms with Crippen LogP contribution in [0.25, 0.3) is 0 Å². The van der Waals surface area contributed by atoms with Gasteiger partial charge in [-0.2, -0.15) is 0 Å². The molecule has 0 spiro atoms. The number of unbranched alkanes of at least 4 members (excludes halogenated alkanes) is 3. The molecule has 0 saturated heterocycles. The third-order valence-corrected chi connectivity index (χ3v) is 2.89. The van der Waals surface area contributed by atoms with E-state index in [0.29, 0.717) is 12.0 Å². The lowest BCUT2D eigenvalue weighted by Gasteiger charge is -2.08. The van der Waals surface area contributed by atoms with Crippen LogP contribution in [0, 0.1) is 0 Å². The highest BCUT2D eigenvalue weighted by Gasteiger charge is 2.19. The topological polar surface area (TPSA) is 74.6 Å². The number of rotatable bonds is 7. The van der Waals surface area contributed by atoms with Crippen LogP contribution < -0.4 is 0 Å². The van der Waals surface area contributed by atoms with Crippen LogP contribution in [0.5, 0.6) is 0 Å².